The Morgan fingerprint density at radius 3 is 2.61 bits per heavy atom. The Labute approximate surface area is 140 Å². The van der Waals surface area contributed by atoms with Gasteiger partial charge in [0, 0.05) is 18.7 Å². The topological polar surface area (TPSA) is 51.0 Å². The van der Waals surface area contributed by atoms with Crippen molar-refractivity contribution in [2.45, 2.75) is 25.3 Å². The fourth-order valence-corrected chi connectivity index (χ4v) is 3.19. The zero-order valence-corrected chi connectivity index (χ0v) is 14.8. The number of nitrogens with zero attached hydrogens (tertiary/aromatic N) is 2. The minimum Gasteiger partial charge on any atom is -0.493 e. The van der Waals surface area contributed by atoms with E-state index in [4.69, 9.17) is 15.2 Å². The molecule has 1 fully saturated rings. The summed E-state index contributed by atoms with van der Waals surface area (Å²) in [4.78, 5) is 4.63. The first-order valence-corrected chi connectivity index (χ1v) is 8.56. The van der Waals surface area contributed by atoms with Gasteiger partial charge >= 0.3 is 0 Å². The van der Waals surface area contributed by atoms with E-state index in [0.29, 0.717) is 13.2 Å². The molecule has 5 heteroatoms. The fourth-order valence-electron chi connectivity index (χ4n) is 3.19. The molecule has 1 atom stereocenters. The summed E-state index contributed by atoms with van der Waals surface area (Å²) >= 11 is 0. The molecule has 1 saturated heterocycles. The van der Waals surface area contributed by atoms with Crippen LogP contribution < -0.4 is 15.2 Å². The summed E-state index contributed by atoms with van der Waals surface area (Å²) in [6, 6.07) is 6.32. The van der Waals surface area contributed by atoms with Crippen molar-refractivity contribution in [3.05, 3.63) is 23.8 Å². The average Bonchev–Trinajstić information content (AvgIpc) is 3.07. The summed E-state index contributed by atoms with van der Waals surface area (Å²) in [5, 5.41) is 0. The fraction of sp³-hybridized carbons (Fsp3) is 0.667. The summed E-state index contributed by atoms with van der Waals surface area (Å²) in [5.74, 6) is 1.65. The van der Waals surface area contributed by atoms with Gasteiger partial charge in [-0.15, -0.1) is 0 Å². The summed E-state index contributed by atoms with van der Waals surface area (Å²) in [6.07, 6.45) is 3.49. The van der Waals surface area contributed by atoms with E-state index in [1.54, 1.807) is 7.11 Å². The smallest absolute Gasteiger partial charge is 0.165 e. The van der Waals surface area contributed by atoms with Gasteiger partial charge in [0.1, 0.15) is 0 Å². The van der Waals surface area contributed by atoms with E-state index >= 15 is 0 Å². The van der Waals surface area contributed by atoms with Crippen molar-refractivity contribution < 1.29 is 9.47 Å². The van der Waals surface area contributed by atoms with Gasteiger partial charge in [-0.2, -0.15) is 0 Å². The van der Waals surface area contributed by atoms with Crippen molar-refractivity contribution in [1.82, 2.24) is 9.80 Å². The number of hydrogen-bond acceptors (Lipinski definition) is 5. The van der Waals surface area contributed by atoms with E-state index in [1.807, 2.05) is 12.1 Å². The van der Waals surface area contributed by atoms with Crippen molar-refractivity contribution in [1.29, 1.82) is 0 Å². The highest BCUT2D eigenvalue weighted by atomic mass is 16.5. The molecule has 0 spiro atoms. The maximum absolute atomic E-state index is 6.12. The van der Waals surface area contributed by atoms with E-state index in [0.717, 1.165) is 43.1 Å². The second-order valence-corrected chi connectivity index (χ2v) is 6.38. The highest BCUT2D eigenvalue weighted by molar-refractivity contribution is 5.48. The Hall–Kier alpha value is -1.30. The molecule has 1 aromatic carbocycles. The lowest BCUT2D eigenvalue weighted by atomic mass is 10.0. The zero-order valence-electron chi connectivity index (χ0n) is 14.8. The minimum absolute atomic E-state index is 0.205. The molecule has 0 bridgehead atoms. The zero-order chi connectivity index (χ0) is 16.7. The third-order valence-corrected chi connectivity index (χ3v) is 4.39. The van der Waals surface area contributed by atoms with Crippen LogP contribution in [-0.2, 0) is 0 Å². The first kappa shape index (κ1) is 18.0. The van der Waals surface area contributed by atoms with Crippen LogP contribution in [0, 0.1) is 0 Å². The predicted octanol–water partition coefficient (Wildman–Crippen LogP) is 2.12. The highest BCUT2D eigenvalue weighted by Crippen LogP contribution is 2.37. The van der Waals surface area contributed by atoms with Gasteiger partial charge in [-0.1, -0.05) is 12.1 Å². The number of rotatable bonds is 9. The number of benzene rings is 1. The van der Waals surface area contributed by atoms with Gasteiger partial charge in [0.15, 0.2) is 11.5 Å². The monoisotopic (exact) mass is 321 g/mol. The van der Waals surface area contributed by atoms with E-state index in [2.05, 4.69) is 30.0 Å². The number of methoxy groups -OCH3 is 1. The van der Waals surface area contributed by atoms with E-state index < -0.39 is 0 Å². The molecule has 1 unspecified atom stereocenters. The summed E-state index contributed by atoms with van der Waals surface area (Å²) in [6.45, 7) is 4.51. The van der Waals surface area contributed by atoms with Crippen molar-refractivity contribution in [3.63, 3.8) is 0 Å². The number of nitrogens with two attached hydrogens (primary N) is 1. The van der Waals surface area contributed by atoms with Crippen LogP contribution in [0.1, 0.15) is 30.9 Å². The molecule has 2 N–H and O–H groups in total. The third kappa shape index (κ3) is 4.83. The van der Waals surface area contributed by atoms with Gasteiger partial charge in [-0.25, -0.2) is 0 Å². The van der Waals surface area contributed by atoms with Gasteiger partial charge < -0.3 is 20.1 Å². The lowest BCUT2D eigenvalue weighted by Crippen LogP contribution is -2.31. The molecule has 1 aliphatic rings. The molecule has 1 aromatic rings. The van der Waals surface area contributed by atoms with Crippen LogP contribution in [0.5, 0.6) is 11.5 Å². The van der Waals surface area contributed by atoms with Crippen LogP contribution in [0.25, 0.3) is 0 Å². The van der Waals surface area contributed by atoms with E-state index in [1.165, 1.54) is 12.8 Å². The average molecular weight is 321 g/mol. The molecular weight excluding hydrogens is 290 g/mol. The maximum atomic E-state index is 6.12. The second kappa shape index (κ2) is 9.11. The second-order valence-electron chi connectivity index (χ2n) is 6.38. The first-order chi connectivity index (χ1) is 11.2. The molecule has 1 aliphatic heterocycles. The number of hydrogen-bond donors (Lipinski definition) is 1. The molecule has 0 aromatic heterocycles. The van der Waals surface area contributed by atoms with Crippen LogP contribution in [-0.4, -0.2) is 63.8 Å². The SMILES string of the molecule is COc1cccc(C(CN)N2CCCC2)c1OCCCN(C)C. The lowest BCUT2D eigenvalue weighted by Gasteiger charge is -2.29. The third-order valence-electron chi connectivity index (χ3n) is 4.39. The van der Waals surface area contributed by atoms with Gasteiger partial charge in [-0.05, 0) is 52.5 Å². The molecule has 2 rings (SSSR count). The van der Waals surface area contributed by atoms with Crippen LogP contribution in [0.4, 0.5) is 0 Å². The molecule has 5 nitrogen and oxygen atoms in total. The number of para-hydroxylation sites is 1. The molecule has 1 heterocycles. The summed E-state index contributed by atoms with van der Waals surface area (Å²) < 4.78 is 11.6. The Morgan fingerprint density at radius 2 is 2.00 bits per heavy atom. The normalized spacial score (nSPS) is 16.7. The Morgan fingerprint density at radius 1 is 1.26 bits per heavy atom. The highest BCUT2D eigenvalue weighted by Gasteiger charge is 2.26. The molecule has 0 amide bonds. The predicted molar refractivity (Wildman–Crippen MR) is 94.3 cm³/mol. The van der Waals surface area contributed by atoms with Crippen molar-refractivity contribution in [2.75, 3.05) is 54.0 Å². The van der Waals surface area contributed by atoms with Crippen molar-refractivity contribution in [3.8, 4) is 11.5 Å². The molecule has 23 heavy (non-hydrogen) atoms. The summed E-state index contributed by atoms with van der Waals surface area (Å²) in [7, 11) is 5.85. The Balaban J connectivity index is 2.16. The van der Waals surface area contributed by atoms with Gasteiger partial charge in [0.25, 0.3) is 0 Å². The first-order valence-electron chi connectivity index (χ1n) is 8.56. The van der Waals surface area contributed by atoms with Crippen LogP contribution in [0.2, 0.25) is 0 Å². The van der Waals surface area contributed by atoms with Gasteiger partial charge in [0.05, 0.1) is 19.8 Å². The maximum Gasteiger partial charge on any atom is 0.165 e. The molecule has 0 radical (unpaired) electrons. The van der Waals surface area contributed by atoms with Gasteiger partial charge in [-0.3, -0.25) is 4.90 Å². The molecule has 0 aliphatic carbocycles. The number of likely N-dealkylation sites (tertiary alicyclic amines) is 1. The minimum atomic E-state index is 0.205. The van der Waals surface area contributed by atoms with E-state index in [-0.39, 0.29) is 6.04 Å². The largest absolute Gasteiger partial charge is 0.493 e. The van der Waals surface area contributed by atoms with E-state index in [9.17, 15) is 0 Å². The Kier molecular flexibility index (Phi) is 7.15. The Bertz CT molecular complexity index is 473. The lowest BCUT2D eigenvalue weighted by molar-refractivity contribution is 0.229. The number of ether oxygens (including phenoxy) is 2. The van der Waals surface area contributed by atoms with Crippen LogP contribution in [0.3, 0.4) is 0 Å². The quantitative estimate of drug-likeness (QED) is 0.706. The molecule has 130 valence electrons. The van der Waals surface area contributed by atoms with Crippen LogP contribution >= 0.6 is 0 Å². The standard InChI is InChI=1S/C18H31N3O2/c1-20(2)10-7-13-23-18-15(8-6-9-17(18)22-3)16(14-19)21-11-4-5-12-21/h6,8-9,16H,4-5,7,10-14,19H2,1-3H3. The summed E-state index contributed by atoms with van der Waals surface area (Å²) in [5.41, 5.74) is 7.25. The van der Waals surface area contributed by atoms with Crippen molar-refractivity contribution in [2.24, 2.45) is 5.73 Å². The molecule has 0 saturated carbocycles. The van der Waals surface area contributed by atoms with Crippen molar-refractivity contribution >= 4 is 0 Å². The van der Waals surface area contributed by atoms with Crippen LogP contribution in [0.15, 0.2) is 18.2 Å². The molecular formula is C18H31N3O2. The van der Waals surface area contributed by atoms with Gasteiger partial charge in [0.2, 0.25) is 0 Å².